The number of ether oxygens (including phenoxy) is 1. The third-order valence-corrected chi connectivity index (χ3v) is 9.32. The number of hydrogen-bond donors (Lipinski definition) is 1. The predicted octanol–water partition coefficient (Wildman–Crippen LogP) is 8.50. The Morgan fingerprint density at radius 3 is 2.58 bits per heavy atom. The Balaban J connectivity index is 1.44. The Hall–Kier alpha value is -3.63. The zero-order valence-corrected chi connectivity index (χ0v) is 26.2. The zero-order valence-electron chi connectivity index (χ0n) is 23.1. The van der Waals surface area contributed by atoms with Gasteiger partial charge >= 0.3 is 0 Å². The zero-order chi connectivity index (χ0) is 30.3. The van der Waals surface area contributed by atoms with Crippen molar-refractivity contribution in [2.45, 2.75) is 35.9 Å². The molecule has 0 bridgehead atoms. The lowest BCUT2D eigenvalue weighted by Crippen LogP contribution is -2.30. The molecule has 1 amide bonds. The van der Waals surface area contributed by atoms with Crippen LogP contribution < -0.4 is 9.64 Å². The quantitative estimate of drug-likeness (QED) is 0.0710. The molecule has 220 valence electrons. The first-order valence-electron chi connectivity index (χ1n) is 13.5. The molecular weight excluding hydrogens is 625 g/mol. The van der Waals surface area contributed by atoms with Crippen LogP contribution in [0, 0.1) is 0 Å². The molecule has 0 saturated carbocycles. The number of allylic oxidation sites excluding steroid dienone is 1. The third-order valence-electron chi connectivity index (χ3n) is 6.63. The fraction of sp³-hybridized carbons (Fsp3) is 0.188. The first-order chi connectivity index (χ1) is 20.9. The first-order valence-corrected chi connectivity index (χ1v) is 16.1. The summed E-state index contributed by atoms with van der Waals surface area (Å²) in [6.45, 7) is 2.68. The van der Waals surface area contributed by atoms with E-state index in [0.717, 1.165) is 24.0 Å². The topological polar surface area (TPSA) is 92.6 Å². The molecule has 5 rings (SSSR count). The number of amides is 1. The number of carbonyl (C=O) groups excluding carboxylic acids is 2. The highest BCUT2D eigenvalue weighted by atomic mass is 35.5. The van der Waals surface area contributed by atoms with Crippen LogP contribution in [0.5, 0.6) is 5.75 Å². The summed E-state index contributed by atoms with van der Waals surface area (Å²) in [5, 5.41) is 20.9. The Morgan fingerprint density at radius 2 is 1.86 bits per heavy atom. The predicted molar refractivity (Wildman–Crippen MR) is 173 cm³/mol. The maximum absolute atomic E-state index is 13.5. The van der Waals surface area contributed by atoms with Crippen molar-refractivity contribution in [3.63, 3.8) is 0 Å². The van der Waals surface area contributed by atoms with Crippen molar-refractivity contribution in [3.05, 3.63) is 117 Å². The highest BCUT2D eigenvalue weighted by Gasteiger charge is 2.45. The standard InChI is InChI=1S/C32H27Cl2N3O4S2/c1-2-3-17-41-24-14-11-21(12-15-24)28-27(26(38)16-9-20-7-5-4-6-8-20)29(39)30(40)37(28)31-35-36-32(43-31)42-19-22-10-13-23(33)18-25(22)34/h4-16,18,28,39H,2-3,17,19H2,1H3. The molecule has 0 fully saturated rings. The van der Waals surface area contributed by atoms with Gasteiger partial charge in [0.2, 0.25) is 5.13 Å². The summed E-state index contributed by atoms with van der Waals surface area (Å²) in [6.07, 6.45) is 4.96. The van der Waals surface area contributed by atoms with Crippen molar-refractivity contribution in [3.8, 4) is 5.75 Å². The van der Waals surface area contributed by atoms with Crippen LogP contribution in [-0.4, -0.2) is 33.6 Å². The molecule has 0 radical (unpaired) electrons. The number of ketones is 1. The SMILES string of the molecule is CCCCOc1ccc(C2C(C(=O)C=Cc3ccccc3)=C(O)C(=O)N2c2nnc(SCc3ccc(Cl)cc3Cl)s2)cc1. The summed E-state index contributed by atoms with van der Waals surface area (Å²) in [6, 6.07) is 20.9. The maximum atomic E-state index is 13.5. The summed E-state index contributed by atoms with van der Waals surface area (Å²) >= 11 is 14.9. The monoisotopic (exact) mass is 651 g/mol. The van der Waals surface area contributed by atoms with Crippen molar-refractivity contribution in [2.75, 3.05) is 11.5 Å². The number of thioether (sulfide) groups is 1. The van der Waals surface area contributed by atoms with Crippen LogP contribution in [0.25, 0.3) is 6.08 Å². The number of benzene rings is 3. The Labute approximate surface area is 267 Å². The van der Waals surface area contributed by atoms with E-state index in [-0.39, 0.29) is 10.7 Å². The van der Waals surface area contributed by atoms with E-state index in [1.165, 1.54) is 34.1 Å². The molecule has 4 aromatic rings. The van der Waals surface area contributed by atoms with Gasteiger partial charge < -0.3 is 9.84 Å². The van der Waals surface area contributed by atoms with Gasteiger partial charge in [-0.2, -0.15) is 0 Å². The van der Waals surface area contributed by atoms with E-state index in [2.05, 4.69) is 17.1 Å². The van der Waals surface area contributed by atoms with Crippen molar-refractivity contribution >= 4 is 69.2 Å². The van der Waals surface area contributed by atoms with Crippen LogP contribution in [0.2, 0.25) is 10.0 Å². The number of nitrogens with zero attached hydrogens (tertiary/aromatic N) is 3. The van der Waals surface area contributed by atoms with Crippen molar-refractivity contribution < 1.29 is 19.4 Å². The van der Waals surface area contributed by atoms with Gasteiger partial charge in [0, 0.05) is 15.8 Å². The highest BCUT2D eigenvalue weighted by Crippen LogP contribution is 2.44. The van der Waals surface area contributed by atoms with Gasteiger partial charge in [-0.15, -0.1) is 10.2 Å². The highest BCUT2D eigenvalue weighted by molar-refractivity contribution is 8.00. The summed E-state index contributed by atoms with van der Waals surface area (Å²) < 4.78 is 6.39. The summed E-state index contributed by atoms with van der Waals surface area (Å²) in [5.74, 6) is -0.638. The lowest BCUT2D eigenvalue weighted by atomic mass is 9.95. The van der Waals surface area contributed by atoms with E-state index in [1.807, 2.05) is 36.4 Å². The molecular formula is C32H27Cl2N3O4S2. The smallest absolute Gasteiger partial charge is 0.296 e. The number of aliphatic hydroxyl groups is 1. The second kappa shape index (κ2) is 14.2. The number of aromatic nitrogens is 2. The number of aliphatic hydroxyl groups excluding tert-OH is 1. The van der Waals surface area contributed by atoms with Gasteiger partial charge in [-0.25, -0.2) is 0 Å². The lowest BCUT2D eigenvalue weighted by Gasteiger charge is -2.24. The molecule has 11 heteroatoms. The van der Waals surface area contributed by atoms with E-state index in [9.17, 15) is 14.7 Å². The summed E-state index contributed by atoms with van der Waals surface area (Å²) in [5.41, 5.74) is 2.28. The van der Waals surface area contributed by atoms with Crippen LogP contribution in [0.15, 0.2) is 94.5 Å². The number of unbranched alkanes of at least 4 members (excludes halogenated alkanes) is 1. The van der Waals surface area contributed by atoms with Crippen molar-refractivity contribution in [1.82, 2.24) is 10.2 Å². The molecule has 1 aromatic heterocycles. The fourth-order valence-electron chi connectivity index (χ4n) is 4.41. The largest absolute Gasteiger partial charge is 0.503 e. The van der Waals surface area contributed by atoms with Crippen LogP contribution in [0.1, 0.15) is 42.5 Å². The van der Waals surface area contributed by atoms with Gasteiger partial charge in [-0.05, 0) is 53.5 Å². The minimum atomic E-state index is -0.915. The van der Waals surface area contributed by atoms with Gasteiger partial charge in [-0.3, -0.25) is 14.5 Å². The Bertz CT molecular complexity index is 1670. The first kappa shape index (κ1) is 30.8. The maximum Gasteiger partial charge on any atom is 0.296 e. The second-order valence-electron chi connectivity index (χ2n) is 9.59. The summed E-state index contributed by atoms with van der Waals surface area (Å²) in [7, 11) is 0. The van der Waals surface area contributed by atoms with Crippen molar-refractivity contribution in [2.24, 2.45) is 0 Å². The van der Waals surface area contributed by atoms with Crippen LogP contribution in [0.4, 0.5) is 5.13 Å². The molecule has 1 unspecified atom stereocenters. The van der Waals surface area contributed by atoms with E-state index >= 15 is 0 Å². The average Bonchev–Trinajstić information content (AvgIpc) is 3.58. The van der Waals surface area contributed by atoms with Gasteiger partial charge in [0.15, 0.2) is 15.9 Å². The van der Waals surface area contributed by atoms with Crippen LogP contribution >= 0.6 is 46.3 Å². The van der Waals surface area contributed by atoms with Gasteiger partial charge in [0.25, 0.3) is 5.91 Å². The second-order valence-corrected chi connectivity index (χ2v) is 12.6. The summed E-state index contributed by atoms with van der Waals surface area (Å²) in [4.78, 5) is 28.4. The molecule has 0 aliphatic carbocycles. The number of halogens is 2. The van der Waals surface area contributed by atoms with Gasteiger partial charge in [0.1, 0.15) is 5.75 Å². The molecule has 1 N–H and O–H groups in total. The minimum absolute atomic E-state index is 0.0332. The molecule has 0 saturated heterocycles. The van der Waals surface area contributed by atoms with Crippen LogP contribution in [0.3, 0.4) is 0 Å². The Kier molecular flexibility index (Phi) is 10.2. The number of carbonyl (C=O) groups is 2. The minimum Gasteiger partial charge on any atom is -0.503 e. The molecule has 0 spiro atoms. The van der Waals surface area contributed by atoms with E-state index in [0.29, 0.717) is 38.1 Å². The fourth-order valence-corrected chi connectivity index (χ4v) is 6.84. The molecule has 2 heterocycles. The number of hydrogen-bond acceptors (Lipinski definition) is 8. The Morgan fingerprint density at radius 1 is 1.09 bits per heavy atom. The van der Waals surface area contributed by atoms with Gasteiger partial charge in [0.05, 0.1) is 18.2 Å². The lowest BCUT2D eigenvalue weighted by molar-refractivity contribution is -0.117. The molecule has 1 atom stereocenters. The normalized spacial score (nSPS) is 15.1. The molecule has 3 aromatic carbocycles. The molecule has 7 nitrogen and oxygen atoms in total. The van der Waals surface area contributed by atoms with E-state index in [4.69, 9.17) is 27.9 Å². The van der Waals surface area contributed by atoms with E-state index < -0.39 is 23.5 Å². The molecule has 43 heavy (non-hydrogen) atoms. The van der Waals surface area contributed by atoms with Crippen LogP contribution in [-0.2, 0) is 15.3 Å². The van der Waals surface area contributed by atoms with Crippen molar-refractivity contribution in [1.29, 1.82) is 0 Å². The number of anilines is 1. The van der Waals surface area contributed by atoms with E-state index in [1.54, 1.807) is 42.5 Å². The average molecular weight is 653 g/mol. The van der Waals surface area contributed by atoms with Gasteiger partial charge in [-0.1, -0.05) is 114 Å². The molecule has 1 aliphatic rings. The number of rotatable bonds is 12. The molecule has 1 aliphatic heterocycles. The third kappa shape index (κ3) is 7.30.